The zero-order valence-electron chi connectivity index (χ0n) is 29.9. The molecular weight excluding hydrogens is 669 g/mol. The van der Waals surface area contributed by atoms with Crippen LogP contribution < -0.4 is 4.90 Å². The van der Waals surface area contributed by atoms with E-state index in [9.17, 15) is 0 Å². The monoisotopic (exact) mass is 702 g/mol. The number of para-hydroxylation sites is 3. The van der Waals surface area contributed by atoms with Crippen LogP contribution in [-0.4, -0.2) is 4.57 Å². The van der Waals surface area contributed by atoms with Crippen LogP contribution in [0.1, 0.15) is 0 Å². The van der Waals surface area contributed by atoms with Crippen LogP contribution >= 0.6 is 0 Å². The number of anilines is 3. The van der Waals surface area contributed by atoms with Crippen molar-refractivity contribution in [2.24, 2.45) is 0 Å². The fourth-order valence-corrected chi connectivity index (χ4v) is 8.39. The standard InChI is InChI=1S/C52H34N2O/c1-2-18-40(19-3-1)53(42-28-30-47-46-23-7-9-26-51(46)55-52(47)34-42)41-20-11-17-38(32-41)36-15-10-16-37(31-36)39-27-29-45-44-22-6-8-24-49(44)54(50(45)33-39)48-25-12-14-35-13-4-5-21-43(35)48/h1-34H. The maximum atomic E-state index is 6.33. The Bertz CT molecular complexity index is 3220. The molecule has 11 aromatic rings. The van der Waals surface area contributed by atoms with Crippen LogP contribution in [0.25, 0.3) is 82.5 Å². The number of hydrogen-bond donors (Lipinski definition) is 0. The van der Waals surface area contributed by atoms with Crippen LogP contribution in [0.3, 0.4) is 0 Å². The van der Waals surface area contributed by atoms with Crippen molar-refractivity contribution in [3.05, 3.63) is 206 Å². The molecule has 9 aromatic carbocycles. The Hall–Kier alpha value is -7.36. The minimum absolute atomic E-state index is 0.875. The Morgan fingerprint density at radius 3 is 1.78 bits per heavy atom. The fraction of sp³-hybridized carbons (Fsp3) is 0. The largest absolute Gasteiger partial charge is 0.456 e. The molecule has 0 spiro atoms. The van der Waals surface area contributed by atoms with E-state index >= 15 is 0 Å². The topological polar surface area (TPSA) is 21.3 Å². The number of rotatable bonds is 6. The van der Waals surface area contributed by atoms with Crippen molar-refractivity contribution < 1.29 is 4.42 Å². The lowest BCUT2D eigenvalue weighted by Gasteiger charge is -2.26. The van der Waals surface area contributed by atoms with Gasteiger partial charge in [0.15, 0.2) is 0 Å². The Labute approximate surface area is 318 Å². The van der Waals surface area contributed by atoms with Crippen LogP contribution in [0.5, 0.6) is 0 Å². The molecule has 0 saturated heterocycles. The highest BCUT2D eigenvalue weighted by atomic mass is 16.3. The summed E-state index contributed by atoms with van der Waals surface area (Å²) in [5, 5.41) is 7.22. The van der Waals surface area contributed by atoms with E-state index in [-0.39, 0.29) is 0 Å². The Kier molecular flexibility index (Phi) is 7.17. The summed E-state index contributed by atoms with van der Waals surface area (Å²) in [4.78, 5) is 2.31. The first kappa shape index (κ1) is 31.2. The van der Waals surface area contributed by atoms with Gasteiger partial charge in [0.05, 0.1) is 16.7 Å². The first-order valence-electron chi connectivity index (χ1n) is 18.8. The summed E-state index contributed by atoms with van der Waals surface area (Å²) in [7, 11) is 0. The van der Waals surface area contributed by atoms with Gasteiger partial charge in [-0.2, -0.15) is 0 Å². The molecule has 3 nitrogen and oxygen atoms in total. The number of benzene rings is 9. The predicted octanol–water partition coefficient (Wildman–Crippen LogP) is 14.6. The van der Waals surface area contributed by atoms with Crippen LogP contribution in [0.15, 0.2) is 211 Å². The molecule has 0 aliphatic rings. The van der Waals surface area contributed by atoms with Crippen molar-refractivity contribution in [1.82, 2.24) is 4.57 Å². The van der Waals surface area contributed by atoms with Gasteiger partial charge in [0.2, 0.25) is 0 Å². The smallest absolute Gasteiger partial charge is 0.137 e. The van der Waals surface area contributed by atoms with Crippen LogP contribution in [0, 0.1) is 0 Å². The van der Waals surface area contributed by atoms with E-state index in [1.165, 1.54) is 49.4 Å². The molecule has 258 valence electrons. The van der Waals surface area contributed by atoms with Crippen molar-refractivity contribution in [3.63, 3.8) is 0 Å². The molecule has 2 aromatic heterocycles. The van der Waals surface area contributed by atoms with Crippen molar-refractivity contribution in [2.45, 2.75) is 0 Å². The molecule has 0 saturated carbocycles. The highest BCUT2D eigenvalue weighted by Crippen LogP contribution is 2.41. The summed E-state index contributed by atoms with van der Waals surface area (Å²) in [6, 6.07) is 74.0. The zero-order chi connectivity index (χ0) is 36.3. The van der Waals surface area contributed by atoms with Gasteiger partial charge in [-0.05, 0) is 94.4 Å². The first-order chi connectivity index (χ1) is 27.3. The van der Waals surface area contributed by atoms with Crippen LogP contribution in [0.4, 0.5) is 17.1 Å². The molecule has 0 aliphatic heterocycles. The Morgan fingerprint density at radius 2 is 0.909 bits per heavy atom. The van der Waals surface area contributed by atoms with Gasteiger partial charge in [-0.25, -0.2) is 0 Å². The molecule has 55 heavy (non-hydrogen) atoms. The summed E-state index contributed by atoms with van der Waals surface area (Å²) in [5.74, 6) is 0. The summed E-state index contributed by atoms with van der Waals surface area (Å²) < 4.78 is 8.77. The number of hydrogen-bond acceptors (Lipinski definition) is 2. The van der Waals surface area contributed by atoms with Gasteiger partial charge in [0, 0.05) is 50.1 Å². The van der Waals surface area contributed by atoms with Gasteiger partial charge in [0.1, 0.15) is 11.2 Å². The molecule has 0 bridgehead atoms. The third kappa shape index (κ3) is 5.20. The lowest BCUT2D eigenvalue weighted by molar-refractivity contribution is 0.669. The fourth-order valence-electron chi connectivity index (χ4n) is 8.39. The number of furan rings is 1. The molecule has 0 N–H and O–H groups in total. The van der Waals surface area contributed by atoms with Gasteiger partial charge in [-0.3, -0.25) is 0 Å². The Balaban J connectivity index is 1.02. The molecule has 0 atom stereocenters. The van der Waals surface area contributed by atoms with Crippen molar-refractivity contribution in [3.8, 4) is 27.9 Å². The molecule has 0 amide bonds. The van der Waals surface area contributed by atoms with Gasteiger partial charge in [-0.1, -0.05) is 133 Å². The summed E-state index contributed by atoms with van der Waals surface area (Å²) in [6.45, 7) is 0. The number of nitrogens with zero attached hydrogens (tertiary/aromatic N) is 2. The van der Waals surface area contributed by atoms with E-state index in [4.69, 9.17) is 4.42 Å². The second kappa shape index (κ2) is 12.6. The number of fused-ring (bicyclic) bond motifs is 7. The molecule has 0 radical (unpaired) electrons. The molecule has 0 unspecified atom stereocenters. The summed E-state index contributed by atoms with van der Waals surface area (Å²) >= 11 is 0. The minimum atomic E-state index is 0.875. The van der Waals surface area contributed by atoms with Crippen molar-refractivity contribution in [1.29, 1.82) is 0 Å². The average molecular weight is 703 g/mol. The van der Waals surface area contributed by atoms with E-state index in [0.717, 1.165) is 50.1 Å². The van der Waals surface area contributed by atoms with E-state index in [0.29, 0.717) is 0 Å². The van der Waals surface area contributed by atoms with E-state index < -0.39 is 0 Å². The maximum Gasteiger partial charge on any atom is 0.137 e. The SMILES string of the molecule is c1ccc(N(c2cccc(-c3cccc(-c4ccc5c6ccccc6n(-c6cccc7ccccc67)c5c4)c3)c2)c2ccc3c(c2)oc2ccccc23)cc1. The van der Waals surface area contributed by atoms with Gasteiger partial charge in [-0.15, -0.1) is 0 Å². The highest BCUT2D eigenvalue weighted by Gasteiger charge is 2.18. The molecule has 3 heteroatoms. The minimum Gasteiger partial charge on any atom is -0.456 e. The Morgan fingerprint density at radius 1 is 0.327 bits per heavy atom. The molecule has 11 rings (SSSR count). The van der Waals surface area contributed by atoms with Gasteiger partial charge < -0.3 is 13.9 Å². The second-order valence-electron chi connectivity index (χ2n) is 14.2. The second-order valence-corrected chi connectivity index (χ2v) is 14.2. The van der Waals surface area contributed by atoms with Crippen LogP contribution in [0.2, 0.25) is 0 Å². The van der Waals surface area contributed by atoms with Crippen molar-refractivity contribution >= 4 is 71.6 Å². The quantitative estimate of drug-likeness (QED) is 0.172. The van der Waals surface area contributed by atoms with Gasteiger partial charge >= 0.3 is 0 Å². The zero-order valence-corrected chi connectivity index (χ0v) is 29.9. The molecular formula is C52H34N2O. The van der Waals surface area contributed by atoms with Crippen molar-refractivity contribution in [2.75, 3.05) is 4.90 Å². The first-order valence-corrected chi connectivity index (χ1v) is 18.8. The summed E-state index contributed by atoms with van der Waals surface area (Å²) in [5.41, 5.74) is 13.2. The summed E-state index contributed by atoms with van der Waals surface area (Å²) in [6.07, 6.45) is 0. The van der Waals surface area contributed by atoms with Crippen LogP contribution in [-0.2, 0) is 0 Å². The predicted molar refractivity (Wildman–Crippen MR) is 231 cm³/mol. The third-order valence-electron chi connectivity index (χ3n) is 10.9. The number of aromatic nitrogens is 1. The lowest BCUT2D eigenvalue weighted by atomic mass is 9.97. The highest BCUT2D eigenvalue weighted by molar-refractivity contribution is 6.11. The average Bonchev–Trinajstić information content (AvgIpc) is 3.79. The lowest BCUT2D eigenvalue weighted by Crippen LogP contribution is -2.09. The molecule has 0 fully saturated rings. The van der Waals surface area contributed by atoms with E-state index in [2.05, 4.69) is 204 Å². The van der Waals surface area contributed by atoms with Gasteiger partial charge in [0.25, 0.3) is 0 Å². The molecule has 2 heterocycles. The van der Waals surface area contributed by atoms with E-state index in [1.54, 1.807) is 0 Å². The normalized spacial score (nSPS) is 11.6. The third-order valence-corrected chi connectivity index (χ3v) is 10.9. The maximum absolute atomic E-state index is 6.33. The van der Waals surface area contributed by atoms with E-state index in [1.807, 2.05) is 12.1 Å². The molecule has 0 aliphatic carbocycles.